The number of unbranched alkanes of at least 4 members (excludes halogenated alkanes) is 13. The number of hydrogen-bond acceptors (Lipinski definition) is 2. The minimum atomic E-state index is 0.797. The van der Waals surface area contributed by atoms with E-state index in [4.69, 9.17) is 9.47 Å². The average molecular weight is 514 g/mol. The molecule has 3 rings (SSSR count). The first kappa shape index (κ1) is 29.8. The van der Waals surface area contributed by atoms with Crippen molar-refractivity contribution in [3.8, 4) is 11.5 Å². The van der Waals surface area contributed by atoms with E-state index in [1.807, 2.05) is 12.1 Å². The van der Waals surface area contributed by atoms with Crippen LogP contribution in [0.2, 0.25) is 0 Å². The molecule has 3 aromatic carbocycles. The number of hydrogen-bond donors (Lipinski definition) is 0. The van der Waals surface area contributed by atoms with E-state index in [2.05, 4.69) is 73.7 Å². The number of benzene rings is 3. The van der Waals surface area contributed by atoms with Crippen LogP contribution >= 0.6 is 0 Å². The van der Waals surface area contributed by atoms with Crippen LogP contribution in [0.15, 0.2) is 78.9 Å². The highest BCUT2D eigenvalue weighted by atomic mass is 16.5. The first-order valence-electron chi connectivity index (χ1n) is 15.1. The molecule has 0 fully saturated rings. The van der Waals surface area contributed by atoms with Crippen LogP contribution in [0.3, 0.4) is 0 Å². The van der Waals surface area contributed by atoms with Gasteiger partial charge in [0.15, 0.2) is 0 Å². The molecule has 1 radical (unpaired) electrons. The summed E-state index contributed by atoms with van der Waals surface area (Å²) in [5.74, 6) is 3.03. The Morgan fingerprint density at radius 1 is 0.474 bits per heavy atom. The summed E-state index contributed by atoms with van der Waals surface area (Å²) >= 11 is 0. The van der Waals surface area contributed by atoms with E-state index in [0.29, 0.717) is 0 Å². The van der Waals surface area contributed by atoms with Gasteiger partial charge in [-0.1, -0.05) is 145 Å². The molecule has 0 aliphatic heterocycles. The molecule has 0 atom stereocenters. The van der Waals surface area contributed by atoms with Crippen molar-refractivity contribution in [2.75, 3.05) is 13.7 Å². The highest BCUT2D eigenvalue weighted by Gasteiger charge is 2.18. The maximum atomic E-state index is 6.06. The van der Waals surface area contributed by atoms with E-state index in [-0.39, 0.29) is 0 Å². The Balaban J connectivity index is 1.33. The Bertz CT molecular complexity index is 962. The quantitative estimate of drug-likeness (QED) is 0.110. The lowest BCUT2D eigenvalue weighted by molar-refractivity contribution is 0.304. The van der Waals surface area contributed by atoms with Gasteiger partial charge in [-0.2, -0.15) is 0 Å². The maximum absolute atomic E-state index is 6.06. The summed E-state index contributed by atoms with van der Waals surface area (Å²) in [7, 11) is 1.70. The van der Waals surface area contributed by atoms with Crippen LogP contribution < -0.4 is 9.47 Å². The molecule has 0 bridgehead atoms. The third-order valence-electron chi connectivity index (χ3n) is 7.35. The molecule has 0 aromatic heterocycles. The van der Waals surface area contributed by atoms with Crippen LogP contribution in [0.5, 0.6) is 11.5 Å². The van der Waals surface area contributed by atoms with Gasteiger partial charge in [-0.3, -0.25) is 0 Å². The third kappa shape index (κ3) is 10.9. The van der Waals surface area contributed by atoms with Gasteiger partial charge < -0.3 is 9.47 Å². The van der Waals surface area contributed by atoms with E-state index >= 15 is 0 Å². The van der Waals surface area contributed by atoms with Crippen molar-refractivity contribution < 1.29 is 9.47 Å². The molecule has 2 heteroatoms. The molecular weight excluding hydrogens is 464 g/mol. The molecule has 0 aliphatic rings. The van der Waals surface area contributed by atoms with Gasteiger partial charge in [0.1, 0.15) is 11.5 Å². The summed E-state index contributed by atoms with van der Waals surface area (Å²) in [5, 5.41) is 0. The lowest BCUT2D eigenvalue weighted by atomic mass is 9.85. The first-order chi connectivity index (χ1) is 18.8. The molecule has 0 saturated carbocycles. The van der Waals surface area contributed by atoms with E-state index in [1.54, 1.807) is 7.11 Å². The normalized spacial score (nSPS) is 11.1. The van der Waals surface area contributed by atoms with Crippen LogP contribution in [-0.4, -0.2) is 13.7 Å². The fraction of sp³-hybridized carbons (Fsp3) is 0.472. The molecule has 205 valence electrons. The van der Waals surface area contributed by atoms with Gasteiger partial charge >= 0.3 is 0 Å². The third-order valence-corrected chi connectivity index (χ3v) is 7.35. The molecule has 0 spiro atoms. The minimum absolute atomic E-state index is 0.797. The van der Waals surface area contributed by atoms with Gasteiger partial charge in [-0.25, -0.2) is 0 Å². The molecule has 0 saturated heterocycles. The minimum Gasteiger partial charge on any atom is -0.497 e. The fourth-order valence-electron chi connectivity index (χ4n) is 5.07. The Hall–Kier alpha value is -2.74. The standard InChI is InChI=1S/C36H49O2/c1-3-4-5-6-7-8-9-10-11-12-13-14-15-19-30-38-35-28-24-33(25-29-35)36(31-20-17-16-18-21-31)32-22-26-34(37-2)27-23-32/h16-18,20-29H,3-15,19,30H2,1-2H3. The molecule has 0 heterocycles. The van der Waals surface area contributed by atoms with Crippen molar-refractivity contribution in [2.24, 2.45) is 0 Å². The van der Waals surface area contributed by atoms with E-state index < -0.39 is 0 Å². The van der Waals surface area contributed by atoms with Crippen LogP contribution in [-0.2, 0) is 0 Å². The van der Waals surface area contributed by atoms with E-state index in [9.17, 15) is 0 Å². The molecule has 0 aliphatic carbocycles. The molecule has 3 aromatic rings. The summed E-state index contributed by atoms with van der Waals surface area (Å²) in [4.78, 5) is 0. The molecule has 38 heavy (non-hydrogen) atoms. The lowest BCUT2D eigenvalue weighted by Crippen LogP contribution is -2.05. The van der Waals surface area contributed by atoms with Gasteiger partial charge in [0.2, 0.25) is 0 Å². The summed E-state index contributed by atoms with van der Waals surface area (Å²) < 4.78 is 11.4. The van der Waals surface area contributed by atoms with Crippen molar-refractivity contribution in [1.29, 1.82) is 0 Å². The van der Waals surface area contributed by atoms with Gasteiger partial charge in [0.05, 0.1) is 19.6 Å². The zero-order valence-corrected chi connectivity index (χ0v) is 23.9. The Labute approximate surface area is 232 Å². The largest absolute Gasteiger partial charge is 0.497 e. The smallest absolute Gasteiger partial charge is 0.119 e. The van der Waals surface area contributed by atoms with Crippen molar-refractivity contribution in [3.05, 3.63) is 101 Å². The lowest BCUT2D eigenvalue weighted by Gasteiger charge is -2.19. The molecule has 0 amide bonds. The number of ether oxygens (including phenoxy) is 2. The molecule has 0 unspecified atom stereocenters. The Morgan fingerprint density at radius 2 is 0.895 bits per heavy atom. The average Bonchev–Trinajstić information content (AvgIpc) is 2.97. The number of rotatable bonds is 20. The van der Waals surface area contributed by atoms with Gasteiger partial charge in [-0.15, -0.1) is 0 Å². The van der Waals surface area contributed by atoms with Crippen LogP contribution in [0.1, 0.15) is 114 Å². The predicted octanol–water partition coefficient (Wildman–Crippen LogP) is 10.6. The summed E-state index contributed by atoms with van der Waals surface area (Å²) in [6, 6.07) is 27.4. The van der Waals surface area contributed by atoms with Crippen LogP contribution in [0, 0.1) is 5.92 Å². The van der Waals surface area contributed by atoms with Crippen molar-refractivity contribution in [2.45, 2.75) is 96.8 Å². The van der Waals surface area contributed by atoms with E-state index in [1.165, 1.54) is 106 Å². The first-order valence-corrected chi connectivity index (χ1v) is 15.1. The van der Waals surface area contributed by atoms with Crippen molar-refractivity contribution >= 4 is 0 Å². The zero-order chi connectivity index (χ0) is 26.7. The second-order valence-electron chi connectivity index (χ2n) is 10.4. The summed E-state index contributed by atoms with van der Waals surface area (Å²) in [6.07, 6.45) is 19.3. The van der Waals surface area contributed by atoms with Crippen LogP contribution in [0.4, 0.5) is 0 Å². The topological polar surface area (TPSA) is 18.5 Å². The van der Waals surface area contributed by atoms with Crippen LogP contribution in [0.25, 0.3) is 0 Å². The SMILES string of the molecule is CCCCCCCCCCCCCCCCOc1ccc([C](c2ccccc2)c2ccc(OC)cc2)cc1. The zero-order valence-electron chi connectivity index (χ0n) is 23.9. The highest BCUT2D eigenvalue weighted by Crippen LogP contribution is 2.32. The fourth-order valence-corrected chi connectivity index (χ4v) is 5.07. The second-order valence-corrected chi connectivity index (χ2v) is 10.4. The Morgan fingerprint density at radius 3 is 1.37 bits per heavy atom. The second kappa shape index (κ2) is 18.5. The molecule has 2 nitrogen and oxygen atoms in total. The van der Waals surface area contributed by atoms with E-state index in [0.717, 1.165) is 24.5 Å². The summed E-state index contributed by atoms with van der Waals surface area (Å²) in [6.45, 7) is 3.09. The highest BCUT2D eigenvalue weighted by molar-refractivity contribution is 5.58. The van der Waals surface area contributed by atoms with Gasteiger partial charge in [-0.05, 0) is 47.4 Å². The van der Waals surface area contributed by atoms with Gasteiger partial charge in [0, 0.05) is 0 Å². The number of methoxy groups -OCH3 is 1. The predicted molar refractivity (Wildman–Crippen MR) is 162 cm³/mol. The molecule has 0 N–H and O–H groups in total. The monoisotopic (exact) mass is 513 g/mol. The van der Waals surface area contributed by atoms with Crippen molar-refractivity contribution in [3.63, 3.8) is 0 Å². The maximum Gasteiger partial charge on any atom is 0.119 e. The van der Waals surface area contributed by atoms with Crippen molar-refractivity contribution in [1.82, 2.24) is 0 Å². The van der Waals surface area contributed by atoms with Gasteiger partial charge in [0.25, 0.3) is 0 Å². The Kier molecular flexibility index (Phi) is 14.5. The molecular formula is C36H49O2. The summed E-state index contributed by atoms with van der Waals surface area (Å²) in [5.41, 5.74) is 3.56.